The predicted molar refractivity (Wildman–Crippen MR) is 81.4 cm³/mol. The number of likely N-dealkylation sites (N-methyl/N-ethyl adjacent to an activating group) is 1. The third-order valence-corrected chi connectivity index (χ3v) is 4.99. The minimum absolute atomic E-state index is 0.244. The van der Waals surface area contributed by atoms with E-state index in [1.54, 1.807) is 0 Å². The average molecular weight is 272 g/mol. The number of hydrogen-bond donors (Lipinski definition) is 1. The lowest BCUT2D eigenvalue weighted by Gasteiger charge is -2.32. The first-order valence-electron chi connectivity index (χ1n) is 7.84. The molecule has 0 bridgehead atoms. The number of benzene rings is 1. The van der Waals surface area contributed by atoms with Crippen LogP contribution in [0.3, 0.4) is 0 Å². The minimum atomic E-state index is -0.244. The molecule has 3 nitrogen and oxygen atoms in total. The average Bonchev–Trinajstić information content (AvgIpc) is 3.10. The Morgan fingerprint density at radius 3 is 2.35 bits per heavy atom. The Labute approximate surface area is 121 Å². The molecule has 3 rings (SSSR count). The molecule has 2 N–H and O–H groups in total. The molecule has 0 aromatic heterocycles. The molecule has 0 spiro atoms. The van der Waals surface area contributed by atoms with Crippen LogP contribution in [-0.2, 0) is 10.2 Å². The topological polar surface area (TPSA) is 46.3 Å². The van der Waals surface area contributed by atoms with Gasteiger partial charge in [0.15, 0.2) is 0 Å². The normalized spacial score (nSPS) is 20.9. The smallest absolute Gasteiger partial charge is 0.233 e. The molecule has 1 aromatic carbocycles. The summed E-state index contributed by atoms with van der Waals surface area (Å²) in [4.78, 5) is 15.2. The van der Waals surface area contributed by atoms with Crippen LogP contribution in [0.25, 0.3) is 0 Å². The fourth-order valence-corrected chi connectivity index (χ4v) is 3.61. The summed E-state index contributed by atoms with van der Waals surface area (Å²) in [6.45, 7) is 2.94. The van der Waals surface area contributed by atoms with Crippen molar-refractivity contribution in [3.05, 3.63) is 29.8 Å². The summed E-state index contributed by atoms with van der Waals surface area (Å²) in [5.74, 6) is 0.344. The Morgan fingerprint density at radius 2 is 1.85 bits per heavy atom. The molecule has 0 atom stereocenters. The van der Waals surface area contributed by atoms with E-state index in [9.17, 15) is 4.79 Å². The SMILES string of the molecule is CCN(C(=O)C1(c2ccc(N)cc2)CC1)C1CCCC1. The fraction of sp³-hybridized carbons (Fsp3) is 0.588. The second-order valence-corrected chi connectivity index (χ2v) is 6.23. The van der Waals surface area contributed by atoms with Crippen LogP contribution in [0.5, 0.6) is 0 Å². The summed E-state index contributed by atoms with van der Waals surface area (Å²) in [5.41, 5.74) is 7.42. The van der Waals surface area contributed by atoms with E-state index in [0.717, 1.165) is 30.6 Å². The number of carbonyl (C=O) groups is 1. The van der Waals surface area contributed by atoms with Crippen molar-refractivity contribution < 1.29 is 4.79 Å². The summed E-state index contributed by atoms with van der Waals surface area (Å²) in [6.07, 6.45) is 6.86. The molecule has 0 radical (unpaired) electrons. The number of amides is 1. The van der Waals surface area contributed by atoms with Gasteiger partial charge in [0.05, 0.1) is 5.41 Å². The summed E-state index contributed by atoms with van der Waals surface area (Å²) in [5, 5.41) is 0. The number of nitrogens with zero attached hydrogens (tertiary/aromatic N) is 1. The molecular weight excluding hydrogens is 248 g/mol. The Kier molecular flexibility index (Phi) is 3.45. The molecule has 20 heavy (non-hydrogen) atoms. The van der Waals surface area contributed by atoms with E-state index in [1.165, 1.54) is 25.7 Å². The molecule has 0 heterocycles. The van der Waals surface area contributed by atoms with Crippen molar-refractivity contribution in [3.8, 4) is 0 Å². The van der Waals surface area contributed by atoms with Crippen LogP contribution in [0, 0.1) is 0 Å². The van der Waals surface area contributed by atoms with Crippen LogP contribution in [0.2, 0.25) is 0 Å². The van der Waals surface area contributed by atoms with Crippen molar-refractivity contribution in [2.24, 2.45) is 0 Å². The van der Waals surface area contributed by atoms with Crippen molar-refractivity contribution in [3.63, 3.8) is 0 Å². The maximum atomic E-state index is 13.0. The number of nitrogens with two attached hydrogens (primary N) is 1. The van der Waals surface area contributed by atoms with Gasteiger partial charge in [-0.2, -0.15) is 0 Å². The van der Waals surface area contributed by atoms with E-state index in [1.807, 2.05) is 24.3 Å². The van der Waals surface area contributed by atoms with Crippen molar-refractivity contribution in [1.29, 1.82) is 0 Å². The molecule has 2 aliphatic rings. The highest BCUT2D eigenvalue weighted by atomic mass is 16.2. The monoisotopic (exact) mass is 272 g/mol. The molecule has 0 aliphatic heterocycles. The van der Waals surface area contributed by atoms with Gasteiger partial charge in [0, 0.05) is 18.3 Å². The van der Waals surface area contributed by atoms with Gasteiger partial charge in [0.25, 0.3) is 0 Å². The van der Waals surface area contributed by atoms with Crippen molar-refractivity contribution in [1.82, 2.24) is 4.90 Å². The van der Waals surface area contributed by atoms with Gasteiger partial charge in [0.1, 0.15) is 0 Å². The summed E-state index contributed by atoms with van der Waals surface area (Å²) in [7, 11) is 0. The van der Waals surface area contributed by atoms with Crippen LogP contribution in [0.1, 0.15) is 51.0 Å². The van der Waals surface area contributed by atoms with Gasteiger partial charge in [-0.1, -0.05) is 25.0 Å². The Morgan fingerprint density at radius 1 is 1.25 bits per heavy atom. The highest BCUT2D eigenvalue weighted by Gasteiger charge is 2.53. The molecule has 1 amide bonds. The van der Waals surface area contributed by atoms with Crippen molar-refractivity contribution in [2.45, 2.75) is 56.9 Å². The molecule has 2 aliphatic carbocycles. The third-order valence-electron chi connectivity index (χ3n) is 4.99. The minimum Gasteiger partial charge on any atom is -0.399 e. The van der Waals surface area contributed by atoms with E-state index in [4.69, 9.17) is 5.73 Å². The van der Waals surface area contributed by atoms with Crippen LogP contribution >= 0.6 is 0 Å². The molecule has 1 aromatic rings. The van der Waals surface area contributed by atoms with Gasteiger partial charge in [-0.25, -0.2) is 0 Å². The van der Waals surface area contributed by atoms with E-state index < -0.39 is 0 Å². The Hall–Kier alpha value is -1.51. The van der Waals surface area contributed by atoms with Crippen LogP contribution < -0.4 is 5.73 Å². The lowest BCUT2D eigenvalue weighted by Crippen LogP contribution is -2.44. The Bertz CT molecular complexity index is 484. The molecule has 0 unspecified atom stereocenters. The zero-order valence-electron chi connectivity index (χ0n) is 12.3. The van der Waals surface area contributed by atoms with Crippen LogP contribution in [0.15, 0.2) is 24.3 Å². The molecule has 3 heteroatoms. The van der Waals surface area contributed by atoms with Crippen molar-refractivity contribution >= 4 is 11.6 Å². The van der Waals surface area contributed by atoms with E-state index >= 15 is 0 Å². The van der Waals surface area contributed by atoms with Gasteiger partial charge in [-0.3, -0.25) is 4.79 Å². The third kappa shape index (κ3) is 2.19. The van der Waals surface area contributed by atoms with E-state index in [-0.39, 0.29) is 5.41 Å². The number of nitrogen functional groups attached to an aromatic ring is 1. The number of carbonyl (C=O) groups excluding carboxylic acids is 1. The first-order chi connectivity index (χ1) is 9.67. The number of anilines is 1. The number of hydrogen-bond acceptors (Lipinski definition) is 2. The fourth-order valence-electron chi connectivity index (χ4n) is 3.61. The zero-order valence-corrected chi connectivity index (χ0v) is 12.3. The van der Waals surface area contributed by atoms with Gasteiger partial charge in [-0.15, -0.1) is 0 Å². The molecule has 108 valence electrons. The maximum Gasteiger partial charge on any atom is 0.233 e. The predicted octanol–water partition coefficient (Wildman–Crippen LogP) is 3.09. The summed E-state index contributed by atoms with van der Waals surface area (Å²) >= 11 is 0. The first kappa shape index (κ1) is 13.5. The van der Waals surface area contributed by atoms with E-state index in [0.29, 0.717) is 11.9 Å². The quantitative estimate of drug-likeness (QED) is 0.856. The molecule has 2 saturated carbocycles. The number of rotatable bonds is 4. The highest BCUT2D eigenvalue weighted by molar-refractivity contribution is 5.91. The molecule has 0 saturated heterocycles. The highest BCUT2D eigenvalue weighted by Crippen LogP contribution is 2.50. The van der Waals surface area contributed by atoms with Gasteiger partial charge < -0.3 is 10.6 Å². The largest absolute Gasteiger partial charge is 0.399 e. The lowest BCUT2D eigenvalue weighted by atomic mass is 9.93. The molecule has 2 fully saturated rings. The van der Waals surface area contributed by atoms with Crippen LogP contribution in [0.4, 0.5) is 5.69 Å². The molecular formula is C17H24N2O. The first-order valence-corrected chi connectivity index (χ1v) is 7.84. The second kappa shape index (κ2) is 5.12. The summed E-state index contributed by atoms with van der Waals surface area (Å²) in [6, 6.07) is 8.35. The lowest BCUT2D eigenvalue weighted by molar-refractivity contribution is -0.136. The van der Waals surface area contributed by atoms with E-state index in [2.05, 4.69) is 11.8 Å². The zero-order chi connectivity index (χ0) is 14.2. The Balaban J connectivity index is 1.83. The van der Waals surface area contributed by atoms with Gasteiger partial charge >= 0.3 is 0 Å². The summed E-state index contributed by atoms with van der Waals surface area (Å²) < 4.78 is 0. The second-order valence-electron chi connectivity index (χ2n) is 6.23. The van der Waals surface area contributed by atoms with Gasteiger partial charge in [0.2, 0.25) is 5.91 Å². The standard InChI is InChI=1S/C17H24N2O/c1-2-19(15-5-3-4-6-15)16(20)17(11-12-17)13-7-9-14(18)10-8-13/h7-10,15H,2-6,11-12,18H2,1H3. The maximum absolute atomic E-state index is 13.0. The van der Waals surface area contributed by atoms with Crippen LogP contribution in [-0.4, -0.2) is 23.4 Å². The van der Waals surface area contributed by atoms with Crippen molar-refractivity contribution in [2.75, 3.05) is 12.3 Å². The van der Waals surface area contributed by atoms with Gasteiger partial charge in [-0.05, 0) is 50.3 Å².